The summed E-state index contributed by atoms with van der Waals surface area (Å²) in [6.45, 7) is 1.93. The van der Waals surface area contributed by atoms with Gasteiger partial charge in [0, 0.05) is 11.6 Å². The Morgan fingerprint density at radius 2 is 1.64 bits per heavy atom. The van der Waals surface area contributed by atoms with Gasteiger partial charge in [-0.25, -0.2) is 8.42 Å². The van der Waals surface area contributed by atoms with Crippen LogP contribution in [0.4, 0.5) is 5.69 Å². The molecular formula is C20H20N2O2S. The number of hydrazone groups is 1. The summed E-state index contributed by atoms with van der Waals surface area (Å²) in [4.78, 5) is 0.603. The summed E-state index contributed by atoms with van der Waals surface area (Å²) in [5.74, 6) is 1.23. The first-order valence-corrected chi connectivity index (χ1v) is 9.93. The summed E-state index contributed by atoms with van der Waals surface area (Å²) in [7, 11) is -3.48. The molecule has 0 aromatic heterocycles. The Hall–Kier alpha value is -2.40. The van der Waals surface area contributed by atoms with E-state index in [1.807, 2.05) is 19.1 Å². The Morgan fingerprint density at radius 3 is 2.28 bits per heavy atom. The summed E-state index contributed by atoms with van der Waals surface area (Å²) in [6, 6.07) is 13.7. The number of allylic oxidation sites excluding steroid dienone is 2. The number of fused-ring (bicyclic) bond motifs is 1. The molecule has 0 radical (unpaired) electrons. The number of nitrogens with zero attached hydrogens (tertiary/aromatic N) is 1. The Labute approximate surface area is 148 Å². The summed E-state index contributed by atoms with van der Waals surface area (Å²) >= 11 is 0. The maximum absolute atomic E-state index is 12.6. The summed E-state index contributed by atoms with van der Waals surface area (Å²) in [5.41, 5.74) is 6.08. The third-order valence-corrected chi connectivity index (χ3v) is 6.77. The van der Waals surface area contributed by atoms with Crippen molar-refractivity contribution < 1.29 is 8.42 Å². The normalized spacial score (nSPS) is 23.3. The van der Waals surface area contributed by atoms with Crippen LogP contribution in [0.1, 0.15) is 18.4 Å². The maximum Gasteiger partial charge on any atom is 0.206 e. The van der Waals surface area contributed by atoms with Gasteiger partial charge in [-0.15, -0.1) is 0 Å². The molecule has 0 saturated heterocycles. The molecule has 0 amide bonds. The highest BCUT2D eigenvalue weighted by Crippen LogP contribution is 2.40. The highest BCUT2D eigenvalue weighted by molar-refractivity contribution is 7.91. The van der Waals surface area contributed by atoms with Crippen LogP contribution in [0.5, 0.6) is 0 Å². The van der Waals surface area contributed by atoms with Crippen LogP contribution in [0.3, 0.4) is 0 Å². The minimum absolute atomic E-state index is 0.290. The first kappa shape index (κ1) is 16.1. The fourth-order valence-corrected chi connectivity index (χ4v) is 4.62. The number of hydrogen-bond acceptors (Lipinski definition) is 4. The zero-order valence-corrected chi connectivity index (χ0v) is 14.8. The van der Waals surface area contributed by atoms with Gasteiger partial charge < -0.3 is 0 Å². The monoisotopic (exact) mass is 352 g/mol. The fraction of sp³-hybridized carbons (Fsp3) is 0.250. The van der Waals surface area contributed by atoms with E-state index in [1.165, 1.54) is 5.71 Å². The standard InChI is InChI=1S/C20H20N2O2S/c1-14-5-9-17(10-6-14)25(23,24)18-11-7-16(8-12-18)21-22-20-13-15-3-2-4-19(15)20/h2-3,5-12,15,19,21H,4,13H2,1H3/b22-20-/t15-,19+/m0/s1. The zero-order chi connectivity index (χ0) is 17.4. The van der Waals surface area contributed by atoms with Crippen LogP contribution in [0.15, 0.2) is 75.6 Å². The number of aryl methyl sites for hydroxylation is 1. The molecule has 25 heavy (non-hydrogen) atoms. The van der Waals surface area contributed by atoms with Crippen LogP contribution in [-0.2, 0) is 9.84 Å². The molecule has 1 saturated carbocycles. The SMILES string of the molecule is Cc1ccc(S(=O)(=O)c2ccc(N/N=C3/C[C@@H]4C=CC[C@@H]34)cc2)cc1. The number of benzene rings is 2. The van der Waals surface area contributed by atoms with Gasteiger partial charge in [-0.1, -0.05) is 29.8 Å². The van der Waals surface area contributed by atoms with E-state index in [9.17, 15) is 8.42 Å². The molecule has 0 unspecified atom stereocenters. The van der Waals surface area contributed by atoms with Crippen LogP contribution in [0.2, 0.25) is 0 Å². The molecule has 4 rings (SSSR count). The Bertz CT molecular complexity index is 942. The van der Waals surface area contributed by atoms with Gasteiger partial charge in [0.1, 0.15) is 0 Å². The average Bonchev–Trinajstić information content (AvgIpc) is 2.97. The smallest absolute Gasteiger partial charge is 0.206 e. The average molecular weight is 352 g/mol. The van der Waals surface area contributed by atoms with Crippen LogP contribution in [0, 0.1) is 18.8 Å². The summed E-state index contributed by atoms with van der Waals surface area (Å²) in [6.07, 6.45) is 6.60. The zero-order valence-electron chi connectivity index (χ0n) is 14.0. The number of hydrogen-bond donors (Lipinski definition) is 1. The molecule has 0 spiro atoms. The second-order valence-corrected chi connectivity index (χ2v) is 8.64. The van der Waals surface area contributed by atoms with E-state index in [1.54, 1.807) is 36.4 Å². The van der Waals surface area contributed by atoms with Crippen LogP contribution in [-0.4, -0.2) is 14.1 Å². The lowest BCUT2D eigenvalue weighted by Crippen LogP contribution is -2.33. The molecule has 2 aliphatic carbocycles. The number of nitrogens with one attached hydrogen (secondary N) is 1. The lowest BCUT2D eigenvalue weighted by Gasteiger charge is -2.31. The fourth-order valence-electron chi connectivity index (χ4n) is 3.36. The van der Waals surface area contributed by atoms with Gasteiger partial charge in [0.15, 0.2) is 0 Å². The van der Waals surface area contributed by atoms with Crippen molar-refractivity contribution in [3.63, 3.8) is 0 Å². The maximum atomic E-state index is 12.6. The van der Waals surface area contributed by atoms with Crippen LogP contribution >= 0.6 is 0 Å². The highest BCUT2D eigenvalue weighted by Gasteiger charge is 2.37. The number of anilines is 1. The second-order valence-electron chi connectivity index (χ2n) is 6.69. The van der Waals surface area contributed by atoms with Crippen molar-refractivity contribution in [2.24, 2.45) is 16.9 Å². The minimum atomic E-state index is -3.48. The molecule has 5 heteroatoms. The van der Waals surface area contributed by atoms with Crippen molar-refractivity contribution in [3.8, 4) is 0 Å². The van der Waals surface area contributed by atoms with Gasteiger partial charge in [-0.05, 0) is 62.1 Å². The molecule has 1 N–H and O–H groups in total. The van der Waals surface area contributed by atoms with Crippen molar-refractivity contribution >= 4 is 21.2 Å². The molecule has 2 aromatic carbocycles. The lowest BCUT2D eigenvalue weighted by molar-refractivity contribution is 0.466. The van der Waals surface area contributed by atoms with Crippen LogP contribution < -0.4 is 5.43 Å². The van der Waals surface area contributed by atoms with Gasteiger partial charge in [-0.2, -0.15) is 5.10 Å². The number of sulfone groups is 1. The quantitative estimate of drug-likeness (QED) is 0.663. The Balaban J connectivity index is 1.48. The largest absolute Gasteiger partial charge is 0.279 e. The molecule has 0 aliphatic heterocycles. The first-order valence-electron chi connectivity index (χ1n) is 8.45. The molecule has 2 aliphatic rings. The predicted octanol–water partition coefficient (Wildman–Crippen LogP) is 4.19. The Kier molecular flexibility index (Phi) is 3.96. The highest BCUT2D eigenvalue weighted by atomic mass is 32.2. The summed E-state index contributed by atoms with van der Waals surface area (Å²) in [5, 5.41) is 4.48. The topological polar surface area (TPSA) is 58.5 Å². The van der Waals surface area contributed by atoms with E-state index in [0.717, 1.165) is 24.1 Å². The van der Waals surface area contributed by atoms with Gasteiger partial charge in [0.05, 0.1) is 15.5 Å². The van der Waals surface area contributed by atoms with Crippen molar-refractivity contribution in [3.05, 3.63) is 66.2 Å². The molecule has 0 heterocycles. The van der Waals surface area contributed by atoms with Gasteiger partial charge in [0.2, 0.25) is 9.84 Å². The second kappa shape index (κ2) is 6.15. The molecular weight excluding hydrogens is 332 g/mol. The van der Waals surface area contributed by atoms with E-state index >= 15 is 0 Å². The summed E-state index contributed by atoms with van der Waals surface area (Å²) < 4.78 is 25.3. The first-order chi connectivity index (χ1) is 12.0. The van der Waals surface area contributed by atoms with Crippen molar-refractivity contribution in [2.75, 3.05) is 5.43 Å². The van der Waals surface area contributed by atoms with E-state index in [0.29, 0.717) is 21.6 Å². The van der Waals surface area contributed by atoms with E-state index in [-0.39, 0.29) is 0 Å². The third kappa shape index (κ3) is 3.00. The van der Waals surface area contributed by atoms with Gasteiger partial charge in [-0.3, -0.25) is 5.43 Å². The van der Waals surface area contributed by atoms with Crippen molar-refractivity contribution in [2.45, 2.75) is 29.6 Å². The molecule has 128 valence electrons. The van der Waals surface area contributed by atoms with E-state index in [2.05, 4.69) is 22.7 Å². The van der Waals surface area contributed by atoms with E-state index in [4.69, 9.17) is 0 Å². The number of rotatable bonds is 4. The van der Waals surface area contributed by atoms with E-state index < -0.39 is 9.84 Å². The Morgan fingerprint density at radius 1 is 1.00 bits per heavy atom. The van der Waals surface area contributed by atoms with Crippen molar-refractivity contribution in [1.82, 2.24) is 0 Å². The third-order valence-electron chi connectivity index (χ3n) is 4.99. The molecule has 1 fully saturated rings. The minimum Gasteiger partial charge on any atom is -0.279 e. The van der Waals surface area contributed by atoms with Crippen LogP contribution in [0.25, 0.3) is 0 Å². The van der Waals surface area contributed by atoms with Gasteiger partial charge >= 0.3 is 0 Å². The lowest BCUT2D eigenvalue weighted by atomic mass is 9.74. The molecule has 0 bridgehead atoms. The molecule has 4 nitrogen and oxygen atoms in total. The van der Waals surface area contributed by atoms with Gasteiger partial charge in [0.25, 0.3) is 0 Å². The predicted molar refractivity (Wildman–Crippen MR) is 99.5 cm³/mol. The molecule has 2 atom stereocenters. The molecule has 2 aromatic rings. The van der Waals surface area contributed by atoms with Crippen molar-refractivity contribution in [1.29, 1.82) is 0 Å².